The van der Waals surface area contributed by atoms with E-state index < -0.39 is 5.82 Å². The molecule has 0 aromatic heterocycles. The van der Waals surface area contributed by atoms with Crippen LogP contribution < -0.4 is 5.32 Å². The second-order valence-electron chi connectivity index (χ2n) is 1.86. The highest BCUT2D eigenvalue weighted by molar-refractivity contribution is 6.33. The molecule has 1 rings (SSSR count). The number of carbonyl (C=O) groups excluding carboxylic acids is 1. The highest BCUT2D eigenvalue weighted by atomic mass is 35.5. The number of rotatable bonds is 2. The number of carbonyl (C=O) groups is 1. The zero-order valence-corrected chi connectivity index (χ0v) is 6.23. The Morgan fingerprint density at radius 2 is 2.27 bits per heavy atom. The van der Waals surface area contributed by atoms with E-state index in [1.807, 2.05) is 0 Å². The summed E-state index contributed by atoms with van der Waals surface area (Å²) >= 11 is 5.48. The fourth-order valence-electron chi connectivity index (χ4n) is 0.679. The van der Waals surface area contributed by atoms with Gasteiger partial charge in [-0.1, -0.05) is 17.7 Å². The van der Waals surface area contributed by atoms with Crippen molar-refractivity contribution in [1.82, 2.24) is 0 Å². The van der Waals surface area contributed by atoms with Crippen LogP contribution in [0.3, 0.4) is 0 Å². The molecule has 0 spiro atoms. The Morgan fingerprint density at radius 1 is 1.55 bits per heavy atom. The molecule has 0 aliphatic carbocycles. The maximum absolute atomic E-state index is 12.6. The van der Waals surface area contributed by atoms with E-state index in [1.54, 1.807) is 0 Å². The number of hydrogen-bond acceptors (Lipinski definition) is 1. The van der Waals surface area contributed by atoms with Gasteiger partial charge in [0.2, 0.25) is 6.41 Å². The number of benzene rings is 1. The van der Waals surface area contributed by atoms with E-state index in [-0.39, 0.29) is 10.7 Å². The van der Waals surface area contributed by atoms with E-state index in [4.69, 9.17) is 11.6 Å². The number of halogens is 2. The van der Waals surface area contributed by atoms with Gasteiger partial charge in [-0.15, -0.1) is 0 Å². The van der Waals surface area contributed by atoms with Gasteiger partial charge in [0.05, 0.1) is 10.7 Å². The van der Waals surface area contributed by atoms with E-state index >= 15 is 0 Å². The molecule has 1 aromatic rings. The maximum Gasteiger partial charge on any atom is 0.211 e. The minimum Gasteiger partial charge on any atom is -0.327 e. The zero-order chi connectivity index (χ0) is 8.27. The minimum absolute atomic E-state index is 0.0698. The smallest absolute Gasteiger partial charge is 0.211 e. The molecule has 2 nitrogen and oxygen atoms in total. The molecular weight excluding hydrogens is 169 g/mol. The molecule has 0 bridgehead atoms. The Kier molecular flexibility index (Phi) is 2.44. The van der Waals surface area contributed by atoms with Crippen molar-refractivity contribution in [3.05, 3.63) is 29.0 Å². The van der Waals surface area contributed by atoms with Crippen LogP contribution in [-0.4, -0.2) is 6.41 Å². The van der Waals surface area contributed by atoms with Crippen LogP contribution in [0.2, 0.25) is 5.02 Å². The van der Waals surface area contributed by atoms with Gasteiger partial charge in [-0.05, 0) is 12.1 Å². The van der Waals surface area contributed by atoms with Crippen LogP contribution >= 0.6 is 11.6 Å². The largest absolute Gasteiger partial charge is 0.327 e. The molecule has 0 aliphatic heterocycles. The molecule has 0 atom stereocenters. The van der Waals surface area contributed by atoms with Crippen LogP contribution in [0.5, 0.6) is 0 Å². The van der Waals surface area contributed by atoms with Crippen molar-refractivity contribution in [2.45, 2.75) is 0 Å². The van der Waals surface area contributed by atoms with Gasteiger partial charge in [0.25, 0.3) is 0 Å². The summed E-state index contributed by atoms with van der Waals surface area (Å²) in [6.45, 7) is 0. The Hall–Kier alpha value is -1.09. The molecule has 0 saturated heterocycles. The van der Waals surface area contributed by atoms with Crippen molar-refractivity contribution in [1.29, 1.82) is 0 Å². The molecule has 11 heavy (non-hydrogen) atoms. The Labute approximate surface area is 68.0 Å². The van der Waals surface area contributed by atoms with Crippen molar-refractivity contribution < 1.29 is 9.18 Å². The monoisotopic (exact) mass is 173 g/mol. The maximum atomic E-state index is 12.6. The molecule has 4 heteroatoms. The van der Waals surface area contributed by atoms with Crippen molar-refractivity contribution in [2.75, 3.05) is 5.32 Å². The standard InChI is InChI=1S/C7H5ClFNO/c8-7-5(9)2-1-3-6(7)10-4-11/h1-4H,(H,10,11). The third-order valence-electron chi connectivity index (χ3n) is 1.17. The van der Waals surface area contributed by atoms with Crippen LogP contribution in [0.15, 0.2) is 18.2 Å². The first kappa shape index (κ1) is 8.01. The third-order valence-corrected chi connectivity index (χ3v) is 1.55. The number of amides is 1. The fourth-order valence-corrected chi connectivity index (χ4v) is 0.859. The summed E-state index contributed by atoms with van der Waals surface area (Å²) in [5, 5.41) is 2.19. The van der Waals surface area contributed by atoms with Crippen LogP contribution in [0.1, 0.15) is 0 Å². The Balaban J connectivity index is 3.05. The molecule has 1 aromatic carbocycles. The summed E-state index contributed by atoms with van der Waals surface area (Å²) in [4.78, 5) is 9.95. The predicted molar refractivity (Wildman–Crippen MR) is 41.1 cm³/mol. The van der Waals surface area contributed by atoms with Crippen LogP contribution in [0.4, 0.5) is 10.1 Å². The summed E-state index contributed by atoms with van der Waals surface area (Å²) in [6, 6.07) is 4.20. The summed E-state index contributed by atoms with van der Waals surface area (Å²) in [7, 11) is 0. The third kappa shape index (κ3) is 1.68. The highest BCUT2D eigenvalue weighted by Gasteiger charge is 2.02. The number of hydrogen-bond donors (Lipinski definition) is 1. The first-order chi connectivity index (χ1) is 5.25. The summed E-state index contributed by atoms with van der Waals surface area (Å²) < 4.78 is 12.6. The van der Waals surface area contributed by atoms with E-state index in [0.29, 0.717) is 6.41 Å². The van der Waals surface area contributed by atoms with Crippen molar-refractivity contribution in [3.8, 4) is 0 Å². The van der Waals surface area contributed by atoms with Gasteiger partial charge in [0.15, 0.2) is 0 Å². The van der Waals surface area contributed by atoms with Crippen LogP contribution in [0.25, 0.3) is 0 Å². The molecule has 0 aliphatic rings. The predicted octanol–water partition coefficient (Wildman–Crippen LogP) is 2.05. The van der Waals surface area contributed by atoms with Crippen molar-refractivity contribution >= 4 is 23.7 Å². The van der Waals surface area contributed by atoms with Gasteiger partial charge in [0.1, 0.15) is 5.82 Å². The molecule has 1 amide bonds. The second kappa shape index (κ2) is 3.34. The van der Waals surface area contributed by atoms with Crippen molar-refractivity contribution in [2.24, 2.45) is 0 Å². The van der Waals surface area contributed by atoms with E-state index in [1.165, 1.54) is 18.2 Å². The molecule has 0 heterocycles. The normalized spacial score (nSPS) is 9.27. The quantitative estimate of drug-likeness (QED) is 0.682. The second-order valence-corrected chi connectivity index (χ2v) is 2.24. The summed E-state index contributed by atoms with van der Waals surface area (Å²) in [6.07, 6.45) is 0.445. The van der Waals surface area contributed by atoms with E-state index in [0.717, 1.165) is 0 Å². The topological polar surface area (TPSA) is 29.1 Å². The molecule has 0 unspecified atom stereocenters. The van der Waals surface area contributed by atoms with Gasteiger partial charge in [0, 0.05) is 0 Å². The highest BCUT2D eigenvalue weighted by Crippen LogP contribution is 2.23. The van der Waals surface area contributed by atoms with Crippen LogP contribution in [0, 0.1) is 5.82 Å². The van der Waals surface area contributed by atoms with Crippen LogP contribution in [-0.2, 0) is 4.79 Å². The lowest BCUT2D eigenvalue weighted by Gasteiger charge is -2.00. The molecular formula is C7H5ClFNO. The first-order valence-corrected chi connectivity index (χ1v) is 3.27. The number of nitrogens with one attached hydrogen (secondary N) is 1. The number of anilines is 1. The van der Waals surface area contributed by atoms with Gasteiger partial charge < -0.3 is 5.32 Å². The summed E-state index contributed by atoms with van der Waals surface area (Å²) in [5.74, 6) is -0.543. The van der Waals surface area contributed by atoms with Gasteiger partial charge in [-0.25, -0.2) is 4.39 Å². The molecule has 0 fully saturated rings. The Bertz CT molecular complexity index is 277. The van der Waals surface area contributed by atoms with Gasteiger partial charge >= 0.3 is 0 Å². The zero-order valence-electron chi connectivity index (χ0n) is 5.47. The lowest BCUT2D eigenvalue weighted by Crippen LogP contribution is -1.95. The average molecular weight is 174 g/mol. The first-order valence-electron chi connectivity index (χ1n) is 2.90. The lowest BCUT2D eigenvalue weighted by atomic mass is 10.3. The molecule has 0 radical (unpaired) electrons. The fraction of sp³-hybridized carbons (Fsp3) is 0. The lowest BCUT2D eigenvalue weighted by molar-refractivity contribution is -0.105. The molecule has 58 valence electrons. The molecule has 0 saturated carbocycles. The van der Waals surface area contributed by atoms with Gasteiger partial charge in [-0.3, -0.25) is 4.79 Å². The average Bonchev–Trinajstić information content (AvgIpc) is 1.99. The van der Waals surface area contributed by atoms with Crippen molar-refractivity contribution in [3.63, 3.8) is 0 Å². The van der Waals surface area contributed by atoms with Gasteiger partial charge in [-0.2, -0.15) is 0 Å². The van der Waals surface area contributed by atoms with E-state index in [2.05, 4.69) is 5.32 Å². The minimum atomic E-state index is -0.543. The SMILES string of the molecule is O=CNc1cccc(F)c1Cl. The van der Waals surface area contributed by atoms with E-state index in [9.17, 15) is 9.18 Å². The summed E-state index contributed by atoms with van der Waals surface area (Å²) in [5.41, 5.74) is 0.279. The molecule has 1 N–H and O–H groups in total. The Morgan fingerprint density at radius 3 is 2.91 bits per heavy atom.